The van der Waals surface area contributed by atoms with Crippen LogP contribution in [0.25, 0.3) is 0 Å². The molecule has 0 heterocycles. The molecule has 0 amide bonds. The second-order valence-electron chi connectivity index (χ2n) is 7.41. The average molecular weight is 234 g/mol. The molecular formula is C16H26O. The van der Waals surface area contributed by atoms with E-state index in [0.717, 1.165) is 48.7 Å². The standard InChI is InChI=1S/C16H26O/c1-3-13-5-11(1)7-15(13)9-17-10-16-8-12-2-4-14(16)6-12/h11-16H,1-10H2/t11-,12-,13+,14+,15+,16+/m0/s1. The minimum Gasteiger partial charge on any atom is -0.381 e. The monoisotopic (exact) mass is 234 g/mol. The number of hydrogen-bond donors (Lipinski definition) is 0. The summed E-state index contributed by atoms with van der Waals surface area (Å²) in [4.78, 5) is 0. The van der Waals surface area contributed by atoms with Gasteiger partial charge in [-0.25, -0.2) is 0 Å². The van der Waals surface area contributed by atoms with Crippen molar-refractivity contribution in [1.82, 2.24) is 0 Å². The molecule has 4 saturated carbocycles. The van der Waals surface area contributed by atoms with Gasteiger partial charge in [0.1, 0.15) is 0 Å². The zero-order chi connectivity index (χ0) is 11.2. The number of fused-ring (bicyclic) bond motifs is 4. The fourth-order valence-electron chi connectivity index (χ4n) is 5.53. The van der Waals surface area contributed by atoms with Gasteiger partial charge in [-0.1, -0.05) is 12.8 Å². The minimum absolute atomic E-state index is 0.937. The van der Waals surface area contributed by atoms with Gasteiger partial charge in [-0.3, -0.25) is 0 Å². The molecule has 1 nitrogen and oxygen atoms in total. The van der Waals surface area contributed by atoms with Gasteiger partial charge in [0.15, 0.2) is 0 Å². The lowest BCUT2D eigenvalue weighted by Gasteiger charge is -2.25. The van der Waals surface area contributed by atoms with E-state index in [1.807, 2.05) is 0 Å². The second-order valence-corrected chi connectivity index (χ2v) is 7.41. The molecule has 4 rings (SSSR count). The van der Waals surface area contributed by atoms with Crippen LogP contribution in [0.4, 0.5) is 0 Å². The zero-order valence-corrected chi connectivity index (χ0v) is 10.9. The van der Waals surface area contributed by atoms with Crippen molar-refractivity contribution >= 4 is 0 Å². The van der Waals surface area contributed by atoms with Crippen LogP contribution in [0.1, 0.15) is 51.4 Å². The third-order valence-electron chi connectivity index (χ3n) is 6.43. The van der Waals surface area contributed by atoms with E-state index in [-0.39, 0.29) is 0 Å². The highest BCUT2D eigenvalue weighted by Gasteiger charge is 2.41. The van der Waals surface area contributed by atoms with Crippen LogP contribution in [0.5, 0.6) is 0 Å². The molecule has 0 aromatic heterocycles. The molecule has 4 fully saturated rings. The minimum atomic E-state index is 0.937. The Morgan fingerprint density at radius 2 is 1.18 bits per heavy atom. The van der Waals surface area contributed by atoms with Crippen molar-refractivity contribution in [1.29, 1.82) is 0 Å². The molecule has 4 aliphatic carbocycles. The molecule has 4 aliphatic rings. The summed E-state index contributed by atoms with van der Waals surface area (Å²) in [5.74, 6) is 6.12. The number of hydrogen-bond acceptors (Lipinski definition) is 1. The van der Waals surface area contributed by atoms with Gasteiger partial charge < -0.3 is 4.74 Å². The molecule has 4 bridgehead atoms. The Hall–Kier alpha value is -0.0400. The quantitative estimate of drug-likeness (QED) is 0.717. The SMILES string of the molecule is C1C[C@@H]2C[C@H]1C[C@@H]2COC[C@H]1C[C@H]2CC[C@@H]1C2. The highest BCUT2D eigenvalue weighted by molar-refractivity contribution is 4.91. The summed E-state index contributed by atoms with van der Waals surface area (Å²) in [6, 6.07) is 0. The molecule has 0 unspecified atom stereocenters. The van der Waals surface area contributed by atoms with E-state index in [1.54, 1.807) is 0 Å². The van der Waals surface area contributed by atoms with Crippen molar-refractivity contribution in [3.63, 3.8) is 0 Å². The predicted molar refractivity (Wildman–Crippen MR) is 68.7 cm³/mol. The molecule has 6 atom stereocenters. The molecule has 0 N–H and O–H groups in total. The van der Waals surface area contributed by atoms with E-state index < -0.39 is 0 Å². The molecule has 1 heteroatoms. The first-order chi connectivity index (χ1) is 8.38. The smallest absolute Gasteiger partial charge is 0.0497 e. The molecule has 0 aromatic rings. The lowest BCUT2D eigenvalue weighted by atomic mass is 9.88. The Morgan fingerprint density at radius 3 is 1.53 bits per heavy atom. The maximum atomic E-state index is 6.11. The van der Waals surface area contributed by atoms with Crippen LogP contribution < -0.4 is 0 Å². The highest BCUT2D eigenvalue weighted by atomic mass is 16.5. The van der Waals surface area contributed by atoms with Crippen molar-refractivity contribution in [3.05, 3.63) is 0 Å². The Kier molecular flexibility index (Phi) is 2.72. The third kappa shape index (κ3) is 1.95. The summed E-state index contributed by atoms with van der Waals surface area (Å²) in [7, 11) is 0. The van der Waals surface area contributed by atoms with Crippen LogP contribution in [0.15, 0.2) is 0 Å². The molecule has 17 heavy (non-hydrogen) atoms. The maximum absolute atomic E-state index is 6.11. The molecule has 0 aliphatic heterocycles. The Morgan fingerprint density at radius 1 is 0.647 bits per heavy atom. The summed E-state index contributed by atoms with van der Waals surface area (Å²) >= 11 is 0. The van der Waals surface area contributed by atoms with Gasteiger partial charge in [0.05, 0.1) is 0 Å². The first-order valence-corrected chi connectivity index (χ1v) is 7.96. The van der Waals surface area contributed by atoms with Crippen LogP contribution in [0.3, 0.4) is 0 Å². The topological polar surface area (TPSA) is 9.23 Å². The summed E-state index contributed by atoms with van der Waals surface area (Å²) in [5, 5.41) is 0. The first-order valence-electron chi connectivity index (χ1n) is 7.96. The predicted octanol–water partition coefficient (Wildman–Crippen LogP) is 3.88. The Balaban J connectivity index is 1.22. The van der Waals surface area contributed by atoms with Crippen molar-refractivity contribution in [2.75, 3.05) is 13.2 Å². The van der Waals surface area contributed by atoms with Gasteiger partial charge in [0.2, 0.25) is 0 Å². The van der Waals surface area contributed by atoms with Crippen LogP contribution in [0.2, 0.25) is 0 Å². The van der Waals surface area contributed by atoms with Gasteiger partial charge in [0, 0.05) is 13.2 Å². The van der Waals surface area contributed by atoms with E-state index in [4.69, 9.17) is 4.74 Å². The van der Waals surface area contributed by atoms with Gasteiger partial charge >= 0.3 is 0 Å². The fraction of sp³-hybridized carbons (Fsp3) is 1.00. The van der Waals surface area contributed by atoms with Gasteiger partial charge in [0.25, 0.3) is 0 Å². The first kappa shape index (κ1) is 10.8. The summed E-state index contributed by atoms with van der Waals surface area (Å²) in [5.41, 5.74) is 0. The van der Waals surface area contributed by atoms with Crippen molar-refractivity contribution in [2.45, 2.75) is 51.4 Å². The Bertz CT molecular complexity index is 259. The van der Waals surface area contributed by atoms with Crippen LogP contribution in [0, 0.1) is 35.5 Å². The van der Waals surface area contributed by atoms with Gasteiger partial charge in [-0.15, -0.1) is 0 Å². The third-order valence-corrected chi connectivity index (χ3v) is 6.43. The van der Waals surface area contributed by atoms with Gasteiger partial charge in [-0.05, 0) is 74.0 Å². The van der Waals surface area contributed by atoms with E-state index in [1.165, 1.54) is 51.4 Å². The van der Waals surface area contributed by atoms with E-state index in [2.05, 4.69) is 0 Å². The van der Waals surface area contributed by atoms with Crippen molar-refractivity contribution < 1.29 is 4.74 Å². The van der Waals surface area contributed by atoms with E-state index >= 15 is 0 Å². The largest absolute Gasteiger partial charge is 0.381 e. The molecule has 96 valence electrons. The van der Waals surface area contributed by atoms with Gasteiger partial charge in [-0.2, -0.15) is 0 Å². The molecule has 0 spiro atoms. The maximum Gasteiger partial charge on any atom is 0.0497 e. The van der Waals surface area contributed by atoms with E-state index in [9.17, 15) is 0 Å². The van der Waals surface area contributed by atoms with Crippen molar-refractivity contribution in [3.8, 4) is 0 Å². The summed E-state index contributed by atoms with van der Waals surface area (Å²) in [6.45, 7) is 2.18. The van der Waals surface area contributed by atoms with Crippen molar-refractivity contribution in [2.24, 2.45) is 35.5 Å². The summed E-state index contributed by atoms with van der Waals surface area (Å²) in [6.07, 6.45) is 12.1. The number of ether oxygens (including phenoxy) is 1. The molecule has 0 aromatic carbocycles. The van der Waals surface area contributed by atoms with E-state index in [0.29, 0.717) is 0 Å². The zero-order valence-electron chi connectivity index (χ0n) is 10.9. The lowest BCUT2D eigenvalue weighted by molar-refractivity contribution is 0.0413. The summed E-state index contributed by atoms with van der Waals surface area (Å²) < 4.78 is 6.11. The normalized spacial score (nSPS) is 51.5. The Labute approximate surface area is 105 Å². The molecule has 0 radical (unpaired) electrons. The van der Waals surface area contributed by atoms with Crippen LogP contribution >= 0.6 is 0 Å². The average Bonchev–Trinajstić information content (AvgIpc) is 3.09. The fourth-order valence-corrected chi connectivity index (χ4v) is 5.53. The molecular weight excluding hydrogens is 208 g/mol. The lowest BCUT2D eigenvalue weighted by Crippen LogP contribution is -2.22. The highest BCUT2D eigenvalue weighted by Crippen LogP contribution is 2.50. The second kappa shape index (κ2) is 4.26. The number of rotatable bonds is 4. The van der Waals surface area contributed by atoms with Crippen LogP contribution in [-0.2, 0) is 4.74 Å². The molecule has 0 saturated heterocycles. The van der Waals surface area contributed by atoms with Crippen LogP contribution in [-0.4, -0.2) is 13.2 Å².